The molecule has 1 aromatic carbocycles. The van der Waals surface area contributed by atoms with Crippen LogP contribution in [0.25, 0.3) is 21.6 Å². The van der Waals surface area contributed by atoms with Crippen LogP contribution in [0.15, 0.2) is 33.8 Å². The molecule has 10 heteroatoms. The number of esters is 1. The zero-order valence-corrected chi connectivity index (χ0v) is 17.2. The molecular formula is C20H17FN4O4S. The van der Waals surface area contributed by atoms with E-state index in [0.717, 1.165) is 11.3 Å². The van der Waals surface area contributed by atoms with Crippen LogP contribution in [0.5, 0.6) is 0 Å². The molecule has 0 atom stereocenters. The van der Waals surface area contributed by atoms with Crippen molar-refractivity contribution in [2.24, 2.45) is 0 Å². The molecule has 4 aromatic rings. The largest absolute Gasteiger partial charge is 0.462 e. The Morgan fingerprint density at radius 3 is 2.87 bits per heavy atom. The summed E-state index contributed by atoms with van der Waals surface area (Å²) in [6.07, 6.45) is 1.37. The Labute approximate surface area is 173 Å². The highest BCUT2D eigenvalue weighted by atomic mass is 32.1. The predicted molar refractivity (Wildman–Crippen MR) is 108 cm³/mol. The van der Waals surface area contributed by atoms with Gasteiger partial charge in [0, 0.05) is 5.56 Å². The van der Waals surface area contributed by atoms with Gasteiger partial charge in [0.2, 0.25) is 11.7 Å². The van der Waals surface area contributed by atoms with E-state index in [9.17, 15) is 14.0 Å². The quantitative estimate of drug-likeness (QED) is 0.449. The Morgan fingerprint density at radius 1 is 1.33 bits per heavy atom. The average Bonchev–Trinajstić information content (AvgIpc) is 3.31. The summed E-state index contributed by atoms with van der Waals surface area (Å²) in [5, 5.41) is 4.22. The van der Waals surface area contributed by atoms with Gasteiger partial charge >= 0.3 is 5.97 Å². The summed E-state index contributed by atoms with van der Waals surface area (Å²) in [5.74, 6) is -0.444. The van der Waals surface area contributed by atoms with Crippen molar-refractivity contribution < 1.29 is 18.4 Å². The van der Waals surface area contributed by atoms with E-state index < -0.39 is 5.97 Å². The van der Waals surface area contributed by atoms with E-state index in [0.29, 0.717) is 31.8 Å². The Kier molecular flexibility index (Phi) is 5.17. The highest BCUT2D eigenvalue weighted by molar-refractivity contribution is 7.20. The molecular weight excluding hydrogens is 411 g/mol. The molecule has 154 valence electrons. The lowest BCUT2D eigenvalue weighted by molar-refractivity contribution is 0.0531. The van der Waals surface area contributed by atoms with Crippen LogP contribution in [0.3, 0.4) is 0 Å². The molecule has 0 spiro atoms. The number of carbonyl (C=O) groups excluding carboxylic acids is 1. The average molecular weight is 428 g/mol. The normalized spacial score (nSPS) is 11.2. The first-order valence-electron chi connectivity index (χ1n) is 9.13. The van der Waals surface area contributed by atoms with Gasteiger partial charge in [-0.15, -0.1) is 11.3 Å². The molecule has 3 aromatic heterocycles. The number of hydrogen-bond acceptors (Lipinski definition) is 8. The van der Waals surface area contributed by atoms with Crippen LogP contribution in [0.2, 0.25) is 0 Å². The third kappa shape index (κ3) is 3.50. The van der Waals surface area contributed by atoms with Crippen molar-refractivity contribution in [3.05, 3.63) is 62.6 Å². The van der Waals surface area contributed by atoms with E-state index in [1.54, 1.807) is 32.9 Å². The van der Waals surface area contributed by atoms with Gasteiger partial charge < -0.3 is 9.26 Å². The number of carbonyl (C=O) groups is 1. The number of nitrogens with zero attached hydrogens (tertiary/aromatic N) is 4. The molecule has 0 saturated heterocycles. The topological polar surface area (TPSA) is 100 Å². The second-order valence-corrected chi connectivity index (χ2v) is 7.61. The summed E-state index contributed by atoms with van der Waals surface area (Å²) in [6, 6.07) is 4.65. The van der Waals surface area contributed by atoms with Crippen molar-refractivity contribution in [1.29, 1.82) is 0 Å². The minimum absolute atomic E-state index is 0.00680. The van der Waals surface area contributed by atoms with Crippen LogP contribution in [0, 0.1) is 19.7 Å². The summed E-state index contributed by atoms with van der Waals surface area (Å²) in [5.41, 5.74) is 1.19. The number of ether oxygens (including phenoxy) is 1. The van der Waals surface area contributed by atoms with E-state index in [4.69, 9.17) is 9.26 Å². The maximum Gasteiger partial charge on any atom is 0.348 e. The molecule has 0 unspecified atom stereocenters. The zero-order valence-electron chi connectivity index (χ0n) is 16.4. The first-order chi connectivity index (χ1) is 14.4. The standard InChI is InChI=1S/C20H17FN4O4S/c1-4-28-20(27)16-11(3)15-18(30-16)22-9-25(19(15)26)8-14-23-17(24-29-14)12-6-5-10(2)13(21)7-12/h5-7,9H,4,8H2,1-3H3. The van der Waals surface area contributed by atoms with Crippen LogP contribution in [0.1, 0.15) is 33.6 Å². The smallest absolute Gasteiger partial charge is 0.348 e. The lowest BCUT2D eigenvalue weighted by Gasteiger charge is -2.02. The molecule has 0 bridgehead atoms. The number of aromatic nitrogens is 4. The van der Waals surface area contributed by atoms with Crippen molar-refractivity contribution in [2.75, 3.05) is 6.61 Å². The molecule has 0 N–H and O–H groups in total. The van der Waals surface area contributed by atoms with E-state index >= 15 is 0 Å². The summed E-state index contributed by atoms with van der Waals surface area (Å²) < 4.78 is 25.4. The van der Waals surface area contributed by atoms with Crippen LogP contribution in [0.4, 0.5) is 4.39 Å². The Hall–Kier alpha value is -3.40. The number of rotatable bonds is 5. The van der Waals surface area contributed by atoms with E-state index in [-0.39, 0.29) is 36.2 Å². The van der Waals surface area contributed by atoms with Gasteiger partial charge in [-0.25, -0.2) is 14.2 Å². The van der Waals surface area contributed by atoms with Crippen LogP contribution in [-0.2, 0) is 11.3 Å². The molecule has 0 saturated carbocycles. The van der Waals surface area contributed by atoms with Crippen molar-refractivity contribution >= 4 is 27.5 Å². The fourth-order valence-electron chi connectivity index (χ4n) is 2.98. The van der Waals surface area contributed by atoms with Gasteiger partial charge in [-0.3, -0.25) is 9.36 Å². The molecule has 0 aliphatic carbocycles. The number of benzene rings is 1. The van der Waals surface area contributed by atoms with Crippen LogP contribution >= 0.6 is 11.3 Å². The highest BCUT2D eigenvalue weighted by Crippen LogP contribution is 2.27. The SMILES string of the molecule is CCOC(=O)c1sc2ncn(Cc3nc(-c4ccc(C)c(F)c4)no3)c(=O)c2c1C. The monoisotopic (exact) mass is 428 g/mol. The number of thiophene rings is 1. The lowest BCUT2D eigenvalue weighted by Crippen LogP contribution is -2.21. The minimum atomic E-state index is -0.476. The van der Waals surface area contributed by atoms with Gasteiger partial charge in [0.25, 0.3) is 5.56 Å². The molecule has 0 aliphatic heterocycles. The third-order valence-corrected chi connectivity index (χ3v) is 5.76. The minimum Gasteiger partial charge on any atom is -0.462 e. The number of halogens is 1. The lowest BCUT2D eigenvalue weighted by atomic mass is 10.1. The third-order valence-electron chi connectivity index (χ3n) is 4.58. The molecule has 0 aliphatic rings. The van der Waals surface area contributed by atoms with E-state index in [1.807, 2.05) is 0 Å². The number of fused-ring (bicyclic) bond motifs is 1. The van der Waals surface area contributed by atoms with Gasteiger partial charge in [-0.1, -0.05) is 17.3 Å². The Balaban J connectivity index is 1.66. The summed E-state index contributed by atoms with van der Waals surface area (Å²) in [6.45, 7) is 5.31. The maximum absolute atomic E-state index is 13.8. The van der Waals surface area contributed by atoms with Gasteiger partial charge in [-0.2, -0.15) is 4.98 Å². The van der Waals surface area contributed by atoms with Crippen molar-refractivity contribution in [3.8, 4) is 11.4 Å². The molecule has 30 heavy (non-hydrogen) atoms. The Morgan fingerprint density at radius 2 is 2.13 bits per heavy atom. The second kappa shape index (κ2) is 7.79. The molecule has 0 fully saturated rings. The number of hydrogen-bond donors (Lipinski definition) is 0. The molecule has 0 amide bonds. The van der Waals surface area contributed by atoms with Crippen molar-refractivity contribution in [1.82, 2.24) is 19.7 Å². The summed E-state index contributed by atoms with van der Waals surface area (Å²) >= 11 is 1.12. The fraction of sp³-hybridized carbons (Fsp3) is 0.250. The van der Waals surface area contributed by atoms with Gasteiger partial charge in [0.1, 0.15) is 22.1 Å². The van der Waals surface area contributed by atoms with Crippen LogP contribution in [-0.4, -0.2) is 32.3 Å². The Bertz CT molecular complexity index is 1320. The highest BCUT2D eigenvalue weighted by Gasteiger charge is 2.21. The maximum atomic E-state index is 13.8. The molecule has 0 radical (unpaired) electrons. The predicted octanol–water partition coefficient (Wildman–Crippen LogP) is 3.49. The molecule has 8 nitrogen and oxygen atoms in total. The number of aryl methyl sites for hydroxylation is 2. The molecule has 3 heterocycles. The zero-order chi connectivity index (χ0) is 21.4. The van der Waals surface area contributed by atoms with Crippen molar-refractivity contribution in [3.63, 3.8) is 0 Å². The van der Waals surface area contributed by atoms with Crippen molar-refractivity contribution in [2.45, 2.75) is 27.3 Å². The second-order valence-electron chi connectivity index (χ2n) is 6.61. The van der Waals surface area contributed by atoms with E-state index in [1.165, 1.54) is 17.0 Å². The van der Waals surface area contributed by atoms with Gasteiger partial charge in [0.05, 0.1) is 18.3 Å². The van der Waals surface area contributed by atoms with Gasteiger partial charge in [-0.05, 0) is 38.0 Å². The first kappa shape index (κ1) is 19.9. The fourth-order valence-corrected chi connectivity index (χ4v) is 4.01. The van der Waals surface area contributed by atoms with Gasteiger partial charge in [0.15, 0.2) is 0 Å². The summed E-state index contributed by atoms with van der Waals surface area (Å²) in [7, 11) is 0. The summed E-state index contributed by atoms with van der Waals surface area (Å²) in [4.78, 5) is 34.4. The van der Waals surface area contributed by atoms with Crippen LogP contribution < -0.4 is 5.56 Å². The first-order valence-corrected chi connectivity index (χ1v) is 9.95. The van der Waals surface area contributed by atoms with E-state index in [2.05, 4.69) is 15.1 Å². The molecule has 4 rings (SSSR count).